The van der Waals surface area contributed by atoms with Gasteiger partial charge in [0.05, 0.1) is 11.7 Å². The Morgan fingerprint density at radius 3 is 2.27 bits per heavy atom. The third kappa shape index (κ3) is 3.91. The molecule has 26 heavy (non-hydrogen) atoms. The van der Waals surface area contributed by atoms with Gasteiger partial charge in [-0.2, -0.15) is 0 Å². The number of aliphatic hydroxyl groups excluding tert-OH is 1. The van der Waals surface area contributed by atoms with Crippen molar-refractivity contribution in [1.82, 2.24) is 9.80 Å². The van der Waals surface area contributed by atoms with Crippen LogP contribution < -0.4 is 0 Å². The van der Waals surface area contributed by atoms with E-state index in [1.165, 1.54) is 0 Å². The highest BCUT2D eigenvalue weighted by Crippen LogP contribution is 2.26. The molecule has 1 aromatic carbocycles. The summed E-state index contributed by atoms with van der Waals surface area (Å²) in [6.07, 6.45) is 0.743. The lowest BCUT2D eigenvalue weighted by Crippen LogP contribution is -2.56. The number of amides is 2. The Kier molecular flexibility index (Phi) is 5.34. The van der Waals surface area contributed by atoms with Crippen LogP contribution >= 0.6 is 0 Å². The van der Waals surface area contributed by atoms with Gasteiger partial charge in [-0.15, -0.1) is 0 Å². The average molecular weight is 360 g/mol. The maximum absolute atomic E-state index is 12.7. The van der Waals surface area contributed by atoms with Crippen LogP contribution in [0.25, 0.3) is 0 Å². The van der Waals surface area contributed by atoms with Crippen molar-refractivity contribution in [2.45, 2.75) is 44.8 Å². The molecule has 2 fully saturated rings. The normalized spacial score (nSPS) is 27.5. The van der Waals surface area contributed by atoms with Gasteiger partial charge in [0.15, 0.2) is 0 Å². The number of hydrogen-bond donors (Lipinski definition) is 2. The van der Waals surface area contributed by atoms with Crippen molar-refractivity contribution >= 4 is 11.8 Å². The van der Waals surface area contributed by atoms with Crippen LogP contribution in [0.5, 0.6) is 0 Å². The first-order chi connectivity index (χ1) is 12.3. The van der Waals surface area contributed by atoms with Gasteiger partial charge >= 0.3 is 0 Å². The summed E-state index contributed by atoms with van der Waals surface area (Å²) in [5.74, 6) is -0.0744. The molecular formula is C20H28N2O4. The number of β-amino-alcohol motifs (C(OH)–C–C–N with tert-alkyl or cyclic N) is 1. The van der Waals surface area contributed by atoms with Crippen molar-refractivity contribution in [3.8, 4) is 0 Å². The van der Waals surface area contributed by atoms with Gasteiger partial charge in [0.2, 0.25) is 5.91 Å². The van der Waals surface area contributed by atoms with Crippen molar-refractivity contribution in [3.05, 3.63) is 35.4 Å². The minimum absolute atomic E-state index is 0.0142. The first-order valence-electron chi connectivity index (χ1n) is 9.33. The van der Waals surface area contributed by atoms with E-state index in [4.69, 9.17) is 0 Å². The van der Waals surface area contributed by atoms with Crippen molar-refractivity contribution in [3.63, 3.8) is 0 Å². The molecule has 1 aromatic rings. The van der Waals surface area contributed by atoms with Crippen molar-refractivity contribution in [2.24, 2.45) is 5.92 Å². The highest BCUT2D eigenvalue weighted by Gasteiger charge is 2.40. The van der Waals surface area contributed by atoms with E-state index in [9.17, 15) is 19.8 Å². The summed E-state index contributed by atoms with van der Waals surface area (Å²) in [7, 11) is 0. The molecule has 0 aliphatic carbocycles. The summed E-state index contributed by atoms with van der Waals surface area (Å²) in [6.45, 7) is 5.37. The summed E-state index contributed by atoms with van der Waals surface area (Å²) in [4.78, 5) is 28.8. The van der Waals surface area contributed by atoms with E-state index in [1.807, 2.05) is 36.1 Å². The average Bonchev–Trinajstić information content (AvgIpc) is 2.63. The summed E-state index contributed by atoms with van der Waals surface area (Å²) in [5.41, 5.74) is 0.677. The second kappa shape index (κ2) is 7.37. The third-order valence-electron chi connectivity index (χ3n) is 5.74. The van der Waals surface area contributed by atoms with Gasteiger partial charge in [0.1, 0.15) is 0 Å². The minimum atomic E-state index is -1.12. The largest absolute Gasteiger partial charge is 0.388 e. The Hall–Kier alpha value is -1.92. The molecule has 142 valence electrons. The predicted octanol–water partition coefficient (Wildman–Crippen LogP) is 1.19. The maximum Gasteiger partial charge on any atom is 0.253 e. The van der Waals surface area contributed by atoms with E-state index in [0.717, 1.165) is 5.56 Å². The first kappa shape index (κ1) is 18.9. The van der Waals surface area contributed by atoms with Crippen molar-refractivity contribution in [1.29, 1.82) is 0 Å². The number of carbonyl (C=O) groups excluding carboxylic acids is 2. The molecular weight excluding hydrogens is 332 g/mol. The molecule has 0 radical (unpaired) electrons. The zero-order valence-corrected chi connectivity index (χ0v) is 15.5. The minimum Gasteiger partial charge on any atom is -0.388 e. The zero-order chi connectivity index (χ0) is 18.9. The van der Waals surface area contributed by atoms with Crippen LogP contribution in [0.1, 0.15) is 42.1 Å². The Morgan fingerprint density at radius 2 is 1.69 bits per heavy atom. The number of piperidine rings is 2. The monoisotopic (exact) mass is 360 g/mol. The van der Waals surface area contributed by atoms with Crippen LogP contribution in [0.15, 0.2) is 24.3 Å². The van der Waals surface area contributed by atoms with E-state index in [1.54, 1.807) is 11.8 Å². The quantitative estimate of drug-likeness (QED) is 0.830. The number of benzene rings is 1. The second-order valence-electron chi connectivity index (χ2n) is 7.84. The number of hydrogen-bond acceptors (Lipinski definition) is 4. The third-order valence-corrected chi connectivity index (χ3v) is 5.74. The molecule has 0 unspecified atom stereocenters. The summed E-state index contributed by atoms with van der Waals surface area (Å²) < 4.78 is 0. The van der Waals surface area contributed by atoms with Crippen LogP contribution in [0.3, 0.4) is 0 Å². The van der Waals surface area contributed by atoms with E-state index in [0.29, 0.717) is 44.5 Å². The summed E-state index contributed by atoms with van der Waals surface area (Å²) in [5, 5.41) is 20.1. The van der Waals surface area contributed by atoms with Crippen LogP contribution in [0.2, 0.25) is 0 Å². The Morgan fingerprint density at radius 1 is 1.08 bits per heavy atom. The number of likely N-dealkylation sites (tertiary alicyclic amines) is 2. The Bertz CT molecular complexity index is 663. The van der Waals surface area contributed by atoms with Gasteiger partial charge in [0.25, 0.3) is 5.91 Å². The smallest absolute Gasteiger partial charge is 0.253 e. The molecule has 2 aliphatic rings. The molecule has 2 amide bonds. The van der Waals surface area contributed by atoms with E-state index in [2.05, 4.69) is 0 Å². The van der Waals surface area contributed by atoms with Gasteiger partial charge in [0, 0.05) is 37.7 Å². The fraction of sp³-hybridized carbons (Fsp3) is 0.600. The van der Waals surface area contributed by atoms with Crippen LogP contribution in [-0.4, -0.2) is 69.7 Å². The fourth-order valence-electron chi connectivity index (χ4n) is 3.69. The maximum atomic E-state index is 12.7. The molecule has 2 heterocycles. The lowest BCUT2D eigenvalue weighted by Gasteiger charge is -2.42. The topological polar surface area (TPSA) is 81.1 Å². The van der Waals surface area contributed by atoms with Crippen LogP contribution in [0, 0.1) is 12.8 Å². The van der Waals surface area contributed by atoms with Gasteiger partial charge < -0.3 is 20.0 Å². The molecule has 2 saturated heterocycles. The summed E-state index contributed by atoms with van der Waals surface area (Å²) in [6, 6.07) is 7.55. The van der Waals surface area contributed by atoms with Gasteiger partial charge in [-0.3, -0.25) is 9.59 Å². The number of carbonyl (C=O) groups is 2. The standard InChI is InChI=1S/C20H28N2O4/c1-14-3-5-15(6-4-14)18(24)21-10-7-16(8-11-21)19(25)22-12-9-20(2,26)17(23)13-22/h3-6,16-17,23,26H,7-13H2,1-2H3/t17-,20-/m0/s1. The SMILES string of the molecule is Cc1ccc(C(=O)N2CCC(C(=O)N3CC[C@](C)(O)[C@@H](O)C3)CC2)cc1. The Balaban J connectivity index is 1.54. The van der Waals surface area contributed by atoms with Crippen LogP contribution in [-0.2, 0) is 4.79 Å². The predicted molar refractivity (Wildman–Crippen MR) is 97.6 cm³/mol. The highest BCUT2D eigenvalue weighted by atomic mass is 16.3. The van der Waals surface area contributed by atoms with E-state index in [-0.39, 0.29) is 24.3 Å². The van der Waals surface area contributed by atoms with Gasteiger partial charge in [-0.05, 0) is 45.2 Å². The summed E-state index contributed by atoms with van der Waals surface area (Å²) >= 11 is 0. The lowest BCUT2D eigenvalue weighted by atomic mass is 9.88. The molecule has 6 heteroatoms. The van der Waals surface area contributed by atoms with Gasteiger partial charge in [-0.25, -0.2) is 0 Å². The molecule has 2 atom stereocenters. The number of aryl methyl sites for hydroxylation is 1. The van der Waals surface area contributed by atoms with Crippen molar-refractivity contribution < 1.29 is 19.8 Å². The lowest BCUT2D eigenvalue weighted by molar-refractivity contribution is -0.151. The Labute approximate surface area is 154 Å². The molecule has 0 aromatic heterocycles. The van der Waals surface area contributed by atoms with E-state index >= 15 is 0 Å². The molecule has 2 N–H and O–H groups in total. The zero-order valence-electron chi connectivity index (χ0n) is 15.5. The molecule has 3 rings (SSSR count). The molecule has 0 saturated carbocycles. The van der Waals surface area contributed by atoms with Crippen molar-refractivity contribution in [2.75, 3.05) is 26.2 Å². The molecule has 6 nitrogen and oxygen atoms in total. The first-order valence-corrected chi connectivity index (χ1v) is 9.33. The fourth-order valence-corrected chi connectivity index (χ4v) is 3.69. The molecule has 0 bridgehead atoms. The number of nitrogens with zero attached hydrogens (tertiary/aromatic N) is 2. The molecule has 2 aliphatic heterocycles. The van der Waals surface area contributed by atoms with Gasteiger partial charge in [-0.1, -0.05) is 17.7 Å². The second-order valence-corrected chi connectivity index (χ2v) is 7.84. The van der Waals surface area contributed by atoms with E-state index < -0.39 is 11.7 Å². The molecule has 0 spiro atoms. The van der Waals surface area contributed by atoms with Crippen LogP contribution in [0.4, 0.5) is 0 Å². The highest BCUT2D eigenvalue weighted by molar-refractivity contribution is 5.94. The number of rotatable bonds is 2. The number of aliphatic hydroxyl groups is 2.